The van der Waals surface area contributed by atoms with Crippen molar-refractivity contribution in [2.75, 3.05) is 7.11 Å². The van der Waals surface area contributed by atoms with Crippen LogP contribution in [0.2, 0.25) is 0 Å². The van der Waals surface area contributed by atoms with Crippen LogP contribution in [0.15, 0.2) is 18.2 Å². The third-order valence-corrected chi connectivity index (χ3v) is 3.02. The van der Waals surface area contributed by atoms with Gasteiger partial charge in [-0.05, 0) is 25.5 Å². The predicted octanol–water partition coefficient (Wildman–Crippen LogP) is 1.38. The van der Waals surface area contributed by atoms with E-state index in [1.165, 1.54) is 32.2 Å². The van der Waals surface area contributed by atoms with Crippen LogP contribution in [0.4, 0.5) is 0 Å². The molecule has 0 fully saturated rings. The van der Waals surface area contributed by atoms with E-state index in [0.717, 1.165) is 0 Å². The number of hydrogen-bond acceptors (Lipinski definition) is 4. The van der Waals surface area contributed by atoms with Crippen LogP contribution >= 0.6 is 0 Å². The summed E-state index contributed by atoms with van der Waals surface area (Å²) >= 11 is 0. The average molecular weight is 267 g/mol. The summed E-state index contributed by atoms with van der Waals surface area (Å²) in [4.78, 5) is 23.1. The first-order valence-electron chi connectivity index (χ1n) is 5.77. The molecule has 0 heterocycles. The molecule has 104 valence electrons. The molecule has 0 aliphatic heterocycles. The molecule has 1 aromatic carbocycles. The van der Waals surface area contributed by atoms with Gasteiger partial charge in [0.1, 0.15) is 17.0 Å². The monoisotopic (exact) mass is 267 g/mol. The minimum absolute atomic E-state index is 0.00160. The van der Waals surface area contributed by atoms with Crippen LogP contribution in [-0.2, 0) is 4.79 Å². The Bertz CT molecular complexity index is 500. The van der Waals surface area contributed by atoms with E-state index in [4.69, 9.17) is 9.84 Å². The third-order valence-electron chi connectivity index (χ3n) is 3.02. The van der Waals surface area contributed by atoms with E-state index in [0.29, 0.717) is 5.75 Å². The first-order valence-corrected chi connectivity index (χ1v) is 5.77. The van der Waals surface area contributed by atoms with Gasteiger partial charge in [0.15, 0.2) is 0 Å². The maximum Gasteiger partial charge on any atom is 0.329 e. The number of amides is 1. The van der Waals surface area contributed by atoms with E-state index in [2.05, 4.69) is 5.32 Å². The number of aliphatic carboxylic acids is 1. The second-order valence-corrected chi connectivity index (χ2v) is 4.33. The van der Waals surface area contributed by atoms with Crippen molar-refractivity contribution >= 4 is 11.9 Å². The molecule has 6 heteroatoms. The molecular weight excluding hydrogens is 250 g/mol. The minimum Gasteiger partial charge on any atom is -0.507 e. The number of carbonyl (C=O) groups is 2. The number of aromatic hydroxyl groups is 1. The van der Waals surface area contributed by atoms with Gasteiger partial charge in [0.25, 0.3) is 5.91 Å². The first kappa shape index (κ1) is 14.8. The highest BCUT2D eigenvalue weighted by Gasteiger charge is 2.33. The van der Waals surface area contributed by atoms with Gasteiger partial charge in [-0.2, -0.15) is 0 Å². The molecule has 0 aliphatic carbocycles. The Morgan fingerprint density at radius 3 is 2.47 bits per heavy atom. The summed E-state index contributed by atoms with van der Waals surface area (Å²) < 4.78 is 4.90. The van der Waals surface area contributed by atoms with Crippen LogP contribution in [0.1, 0.15) is 30.6 Å². The summed E-state index contributed by atoms with van der Waals surface area (Å²) in [5.41, 5.74) is -1.37. The molecule has 1 unspecified atom stereocenters. The summed E-state index contributed by atoms with van der Waals surface area (Å²) in [5, 5.41) is 21.2. The highest BCUT2D eigenvalue weighted by Crippen LogP contribution is 2.24. The summed E-state index contributed by atoms with van der Waals surface area (Å²) in [6.07, 6.45) is 0.227. The zero-order valence-electron chi connectivity index (χ0n) is 11.1. The van der Waals surface area contributed by atoms with E-state index in [-0.39, 0.29) is 17.7 Å². The van der Waals surface area contributed by atoms with Crippen molar-refractivity contribution in [3.05, 3.63) is 23.8 Å². The fraction of sp³-hybridized carbons (Fsp3) is 0.385. The second-order valence-electron chi connectivity index (χ2n) is 4.33. The molecule has 1 amide bonds. The molecule has 6 nitrogen and oxygen atoms in total. The van der Waals surface area contributed by atoms with E-state index in [9.17, 15) is 14.7 Å². The number of hydrogen-bond donors (Lipinski definition) is 3. The zero-order valence-corrected chi connectivity index (χ0v) is 11.1. The number of benzene rings is 1. The number of nitrogens with one attached hydrogen (secondary N) is 1. The van der Waals surface area contributed by atoms with E-state index >= 15 is 0 Å². The molecule has 0 spiro atoms. The highest BCUT2D eigenvalue weighted by molar-refractivity contribution is 5.99. The molecule has 3 N–H and O–H groups in total. The van der Waals surface area contributed by atoms with Crippen LogP contribution in [0, 0.1) is 0 Å². The van der Waals surface area contributed by atoms with Crippen molar-refractivity contribution in [3.8, 4) is 11.5 Å². The van der Waals surface area contributed by atoms with Gasteiger partial charge in [-0.1, -0.05) is 6.92 Å². The van der Waals surface area contributed by atoms with Gasteiger partial charge in [0, 0.05) is 6.07 Å². The van der Waals surface area contributed by atoms with Gasteiger partial charge in [0.05, 0.1) is 12.7 Å². The van der Waals surface area contributed by atoms with Crippen molar-refractivity contribution < 1.29 is 24.5 Å². The van der Waals surface area contributed by atoms with Crippen molar-refractivity contribution in [2.24, 2.45) is 0 Å². The Balaban J connectivity index is 2.98. The molecule has 19 heavy (non-hydrogen) atoms. The molecule has 0 bridgehead atoms. The Morgan fingerprint density at radius 2 is 2.05 bits per heavy atom. The minimum atomic E-state index is -1.37. The smallest absolute Gasteiger partial charge is 0.329 e. The fourth-order valence-corrected chi connectivity index (χ4v) is 1.44. The number of ether oxygens (including phenoxy) is 1. The standard InChI is InChI=1S/C13H17NO5/c1-4-13(2,12(17)18)14-11(16)9-6-5-8(19-3)7-10(9)15/h5-7,15H,4H2,1-3H3,(H,14,16)(H,17,18). The lowest BCUT2D eigenvalue weighted by atomic mass is 9.98. The maximum atomic E-state index is 12.0. The number of rotatable bonds is 5. The van der Waals surface area contributed by atoms with E-state index in [1.54, 1.807) is 6.92 Å². The highest BCUT2D eigenvalue weighted by atomic mass is 16.5. The molecule has 0 aliphatic rings. The molecule has 0 saturated carbocycles. The van der Waals surface area contributed by atoms with Crippen LogP contribution in [0.25, 0.3) is 0 Å². The SMILES string of the molecule is CCC(C)(NC(=O)c1ccc(OC)cc1O)C(=O)O. The summed E-state index contributed by atoms with van der Waals surface area (Å²) in [6.45, 7) is 3.07. The summed E-state index contributed by atoms with van der Waals surface area (Å²) in [6, 6.07) is 4.18. The Morgan fingerprint density at radius 1 is 1.42 bits per heavy atom. The largest absolute Gasteiger partial charge is 0.507 e. The fourth-order valence-electron chi connectivity index (χ4n) is 1.44. The average Bonchev–Trinajstić information content (AvgIpc) is 2.37. The maximum absolute atomic E-state index is 12.0. The van der Waals surface area contributed by atoms with E-state index in [1.807, 2.05) is 0 Å². The zero-order chi connectivity index (χ0) is 14.6. The van der Waals surface area contributed by atoms with Gasteiger partial charge >= 0.3 is 5.97 Å². The van der Waals surface area contributed by atoms with Crippen LogP contribution in [0.3, 0.4) is 0 Å². The van der Waals surface area contributed by atoms with Crippen molar-refractivity contribution in [3.63, 3.8) is 0 Å². The number of phenolic OH excluding ortho intramolecular Hbond substituents is 1. The number of carboxylic acid groups (broad SMARTS) is 1. The Hall–Kier alpha value is -2.24. The third kappa shape index (κ3) is 3.15. The van der Waals surface area contributed by atoms with Gasteiger partial charge in [-0.15, -0.1) is 0 Å². The molecular formula is C13H17NO5. The number of carbonyl (C=O) groups excluding carboxylic acids is 1. The number of carboxylic acids is 1. The van der Waals surface area contributed by atoms with Crippen molar-refractivity contribution in [1.29, 1.82) is 0 Å². The predicted molar refractivity (Wildman–Crippen MR) is 68.5 cm³/mol. The van der Waals surface area contributed by atoms with Crippen LogP contribution in [0.5, 0.6) is 11.5 Å². The molecule has 1 aromatic rings. The summed E-state index contributed by atoms with van der Waals surface area (Å²) in [5.74, 6) is -1.63. The lowest BCUT2D eigenvalue weighted by molar-refractivity contribution is -0.143. The van der Waals surface area contributed by atoms with Gasteiger partial charge in [-0.25, -0.2) is 4.79 Å². The Kier molecular flexibility index (Phi) is 4.37. The van der Waals surface area contributed by atoms with Crippen LogP contribution < -0.4 is 10.1 Å². The normalized spacial score (nSPS) is 13.4. The van der Waals surface area contributed by atoms with Gasteiger partial charge < -0.3 is 20.3 Å². The lowest BCUT2D eigenvalue weighted by Gasteiger charge is -2.24. The molecule has 0 aromatic heterocycles. The number of methoxy groups -OCH3 is 1. The summed E-state index contributed by atoms with van der Waals surface area (Å²) in [7, 11) is 1.44. The molecule has 1 rings (SSSR count). The van der Waals surface area contributed by atoms with Gasteiger partial charge in [-0.3, -0.25) is 4.79 Å². The quantitative estimate of drug-likeness (QED) is 0.749. The first-order chi connectivity index (χ1) is 8.84. The molecule has 0 radical (unpaired) electrons. The second kappa shape index (κ2) is 5.60. The van der Waals surface area contributed by atoms with Gasteiger partial charge in [0.2, 0.25) is 0 Å². The number of phenols is 1. The molecule has 1 atom stereocenters. The lowest BCUT2D eigenvalue weighted by Crippen LogP contribution is -2.51. The van der Waals surface area contributed by atoms with Crippen molar-refractivity contribution in [1.82, 2.24) is 5.32 Å². The van der Waals surface area contributed by atoms with Crippen LogP contribution in [-0.4, -0.2) is 34.7 Å². The van der Waals surface area contributed by atoms with E-state index < -0.39 is 17.4 Å². The Labute approximate surface area is 111 Å². The molecule has 0 saturated heterocycles. The van der Waals surface area contributed by atoms with Crippen molar-refractivity contribution in [2.45, 2.75) is 25.8 Å². The topological polar surface area (TPSA) is 95.9 Å².